The van der Waals surface area contributed by atoms with E-state index in [2.05, 4.69) is 0 Å². The lowest BCUT2D eigenvalue weighted by Gasteiger charge is -2.23. The van der Waals surface area contributed by atoms with E-state index in [1.165, 1.54) is 0 Å². The first-order chi connectivity index (χ1) is 11.6. The normalized spacial score (nSPS) is 18.8. The largest absolute Gasteiger partial charge is 0.369 e. The van der Waals surface area contributed by atoms with Crippen molar-refractivity contribution >= 4 is 35.0 Å². The van der Waals surface area contributed by atoms with E-state index < -0.39 is 36.2 Å². The van der Waals surface area contributed by atoms with Crippen molar-refractivity contribution in [3.63, 3.8) is 0 Å². The second-order valence-corrected chi connectivity index (χ2v) is 7.07. The molecule has 9 heteroatoms. The third-order valence-corrected chi connectivity index (χ3v) is 4.94. The van der Waals surface area contributed by atoms with Crippen LogP contribution >= 0.6 is 23.2 Å². The van der Waals surface area contributed by atoms with E-state index in [-0.39, 0.29) is 25.8 Å². The second-order valence-electron chi connectivity index (χ2n) is 6.26. The van der Waals surface area contributed by atoms with Crippen molar-refractivity contribution in [3.8, 4) is 0 Å². The first-order valence-electron chi connectivity index (χ1n) is 7.74. The Balaban J connectivity index is 2.01. The Bertz CT molecular complexity index is 673. The molecule has 1 aromatic carbocycles. The van der Waals surface area contributed by atoms with E-state index in [9.17, 15) is 18.4 Å². The van der Waals surface area contributed by atoms with Gasteiger partial charge in [0.25, 0.3) is 5.92 Å². The average molecular weight is 394 g/mol. The molecule has 1 unspecified atom stereocenters. The van der Waals surface area contributed by atoms with Crippen LogP contribution in [0.5, 0.6) is 0 Å². The summed E-state index contributed by atoms with van der Waals surface area (Å²) >= 11 is 11.8. The highest BCUT2D eigenvalue weighted by atomic mass is 35.5. The summed E-state index contributed by atoms with van der Waals surface area (Å²) in [5.41, 5.74) is 12.0. The van der Waals surface area contributed by atoms with Gasteiger partial charge in [-0.05, 0) is 30.5 Å². The average Bonchev–Trinajstić information content (AvgIpc) is 2.89. The van der Waals surface area contributed by atoms with Gasteiger partial charge in [0.1, 0.15) is 0 Å². The third kappa shape index (κ3) is 5.26. The molecular weight excluding hydrogens is 375 g/mol. The number of primary amides is 1. The fourth-order valence-electron chi connectivity index (χ4n) is 2.82. The lowest BCUT2D eigenvalue weighted by atomic mass is 9.92. The fraction of sp³-hybridized carbons (Fsp3) is 0.500. The molecule has 1 aliphatic heterocycles. The molecule has 1 aromatic rings. The number of halogens is 4. The highest BCUT2D eigenvalue weighted by Gasteiger charge is 2.41. The van der Waals surface area contributed by atoms with Gasteiger partial charge in [-0.3, -0.25) is 9.59 Å². The van der Waals surface area contributed by atoms with Crippen molar-refractivity contribution in [1.82, 2.24) is 4.90 Å². The molecule has 1 fully saturated rings. The first kappa shape index (κ1) is 19.9. The Labute approximate surface area is 154 Å². The lowest BCUT2D eigenvalue weighted by Crippen LogP contribution is -2.45. The molecule has 0 spiro atoms. The van der Waals surface area contributed by atoms with Crippen LogP contribution in [-0.4, -0.2) is 41.8 Å². The van der Waals surface area contributed by atoms with E-state index in [1.54, 1.807) is 18.2 Å². The molecule has 0 aliphatic carbocycles. The zero-order chi connectivity index (χ0) is 18.8. The summed E-state index contributed by atoms with van der Waals surface area (Å²) in [5, 5.41) is 0.713. The van der Waals surface area contributed by atoms with E-state index >= 15 is 0 Å². The van der Waals surface area contributed by atoms with E-state index in [4.69, 9.17) is 34.7 Å². The molecule has 0 bridgehead atoms. The summed E-state index contributed by atoms with van der Waals surface area (Å²) in [4.78, 5) is 24.9. The number of hydrogen-bond donors (Lipinski definition) is 2. The van der Waals surface area contributed by atoms with Gasteiger partial charge in [0, 0.05) is 18.9 Å². The van der Waals surface area contributed by atoms with Crippen LogP contribution in [0.15, 0.2) is 18.2 Å². The minimum atomic E-state index is -2.89. The highest BCUT2D eigenvalue weighted by Crippen LogP contribution is 2.28. The van der Waals surface area contributed by atoms with Crippen molar-refractivity contribution in [2.75, 3.05) is 13.1 Å². The van der Waals surface area contributed by atoms with Gasteiger partial charge in [0.2, 0.25) is 11.8 Å². The highest BCUT2D eigenvalue weighted by molar-refractivity contribution is 6.42. The Morgan fingerprint density at radius 1 is 1.28 bits per heavy atom. The van der Waals surface area contributed by atoms with Gasteiger partial charge in [-0.25, -0.2) is 8.78 Å². The summed E-state index contributed by atoms with van der Waals surface area (Å²) < 4.78 is 26.5. The molecule has 2 amide bonds. The number of nitrogens with zero attached hydrogens (tertiary/aromatic N) is 1. The van der Waals surface area contributed by atoms with Gasteiger partial charge < -0.3 is 16.4 Å². The van der Waals surface area contributed by atoms with Gasteiger partial charge in [-0.1, -0.05) is 29.3 Å². The lowest BCUT2D eigenvalue weighted by molar-refractivity contribution is -0.133. The van der Waals surface area contributed by atoms with Crippen LogP contribution in [0.4, 0.5) is 8.78 Å². The van der Waals surface area contributed by atoms with Crippen LogP contribution in [-0.2, 0) is 16.0 Å². The van der Waals surface area contributed by atoms with Gasteiger partial charge in [0.05, 0.1) is 22.6 Å². The summed E-state index contributed by atoms with van der Waals surface area (Å²) in [7, 11) is 0. The maximum absolute atomic E-state index is 13.2. The Morgan fingerprint density at radius 3 is 2.48 bits per heavy atom. The number of carbonyl (C=O) groups is 2. The molecule has 2 rings (SSSR count). The summed E-state index contributed by atoms with van der Waals surface area (Å²) in [6.07, 6.45) is -0.187. The summed E-state index contributed by atoms with van der Waals surface area (Å²) in [6, 6.07) is 3.82. The second kappa shape index (κ2) is 7.85. The fourth-order valence-corrected chi connectivity index (χ4v) is 3.14. The number of rotatable bonds is 6. The standard InChI is InChI=1S/C16H19Cl2F2N3O2/c17-11-2-1-9(6-12(11)18)5-10(14(22)24)7-13(21)15(25)23-4-3-16(19,20)8-23/h1-2,6,10,13H,3-5,7-8,21H2,(H2,22,24)/t10?,13-/m0/s1. The molecule has 0 aromatic heterocycles. The Morgan fingerprint density at radius 2 is 1.96 bits per heavy atom. The van der Waals surface area contributed by atoms with Crippen LogP contribution < -0.4 is 11.5 Å². The van der Waals surface area contributed by atoms with Gasteiger partial charge >= 0.3 is 0 Å². The zero-order valence-electron chi connectivity index (χ0n) is 13.4. The number of likely N-dealkylation sites (tertiary alicyclic amines) is 1. The topological polar surface area (TPSA) is 89.4 Å². The molecule has 138 valence electrons. The predicted octanol–water partition coefficient (Wildman–Crippen LogP) is 2.22. The number of nitrogens with two attached hydrogens (primary N) is 2. The van der Waals surface area contributed by atoms with Crippen LogP contribution in [0.25, 0.3) is 0 Å². The van der Waals surface area contributed by atoms with Crippen LogP contribution in [0.3, 0.4) is 0 Å². The molecule has 4 N–H and O–H groups in total. The SMILES string of the molecule is NC(=O)C(Cc1ccc(Cl)c(Cl)c1)C[C@H](N)C(=O)N1CCC(F)(F)C1. The first-order valence-corrected chi connectivity index (χ1v) is 8.50. The molecule has 0 saturated carbocycles. The monoisotopic (exact) mass is 393 g/mol. The van der Waals surface area contributed by atoms with Gasteiger partial charge in [0.15, 0.2) is 0 Å². The summed E-state index contributed by atoms with van der Waals surface area (Å²) in [6.45, 7) is -0.693. The molecule has 1 saturated heterocycles. The number of hydrogen-bond acceptors (Lipinski definition) is 3. The maximum atomic E-state index is 13.2. The Hall–Kier alpha value is -1.44. The smallest absolute Gasteiger partial charge is 0.267 e. The summed E-state index contributed by atoms with van der Waals surface area (Å²) in [5.74, 6) is -4.84. The predicted molar refractivity (Wildman–Crippen MR) is 91.6 cm³/mol. The van der Waals surface area contributed by atoms with Gasteiger partial charge in [-0.2, -0.15) is 0 Å². The quantitative estimate of drug-likeness (QED) is 0.776. The van der Waals surface area contributed by atoms with E-state index in [1.807, 2.05) is 0 Å². The molecule has 5 nitrogen and oxygen atoms in total. The van der Waals surface area contributed by atoms with Crippen molar-refractivity contribution in [3.05, 3.63) is 33.8 Å². The number of carbonyl (C=O) groups excluding carboxylic acids is 2. The zero-order valence-corrected chi connectivity index (χ0v) is 14.9. The van der Waals surface area contributed by atoms with Gasteiger partial charge in [-0.15, -0.1) is 0 Å². The van der Waals surface area contributed by atoms with Crippen LogP contribution in [0.1, 0.15) is 18.4 Å². The number of alkyl halides is 2. The molecule has 2 atom stereocenters. The van der Waals surface area contributed by atoms with Crippen molar-refractivity contribution in [1.29, 1.82) is 0 Å². The minimum absolute atomic E-state index is 0.0313. The molecular formula is C16H19Cl2F2N3O2. The number of amides is 2. The Kier molecular flexibility index (Phi) is 6.24. The third-order valence-electron chi connectivity index (χ3n) is 4.21. The number of benzene rings is 1. The molecule has 0 radical (unpaired) electrons. The van der Waals surface area contributed by atoms with Crippen LogP contribution in [0.2, 0.25) is 10.0 Å². The van der Waals surface area contributed by atoms with E-state index in [0.717, 1.165) is 4.90 Å². The molecule has 25 heavy (non-hydrogen) atoms. The maximum Gasteiger partial charge on any atom is 0.267 e. The van der Waals surface area contributed by atoms with Crippen molar-refractivity contribution in [2.24, 2.45) is 17.4 Å². The minimum Gasteiger partial charge on any atom is -0.369 e. The molecule has 1 heterocycles. The van der Waals surface area contributed by atoms with Crippen molar-refractivity contribution < 1.29 is 18.4 Å². The van der Waals surface area contributed by atoms with E-state index in [0.29, 0.717) is 15.6 Å². The molecule has 1 aliphatic rings. The van der Waals surface area contributed by atoms with Crippen LogP contribution in [0, 0.1) is 5.92 Å². The van der Waals surface area contributed by atoms with Crippen molar-refractivity contribution in [2.45, 2.75) is 31.2 Å².